The molecule has 1 atom stereocenters. The average molecular weight is 283 g/mol. The van der Waals surface area contributed by atoms with Gasteiger partial charge in [-0.05, 0) is 34.5 Å². The fraction of sp³-hybridized carbons (Fsp3) is 0.364. The maximum Gasteiger partial charge on any atom is 0.197 e. The third kappa shape index (κ3) is 1.43. The van der Waals surface area contributed by atoms with E-state index in [0.717, 1.165) is 29.0 Å². The van der Waals surface area contributed by atoms with Crippen LogP contribution in [0.25, 0.3) is 5.52 Å². The third-order valence-corrected chi connectivity index (χ3v) is 3.50. The molecule has 16 heavy (non-hydrogen) atoms. The van der Waals surface area contributed by atoms with E-state index in [-0.39, 0.29) is 11.8 Å². The highest BCUT2D eigenvalue weighted by atomic mass is 79.9. The van der Waals surface area contributed by atoms with Crippen LogP contribution in [0.4, 0.5) is 0 Å². The zero-order chi connectivity index (χ0) is 11.1. The molecule has 1 N–H and O–H groups in total. The standard InChI is InChI=1S/C11H11BrN2O2/c12-10-8-2-1-3-9(15)14(8)11(13-10)7-4-5-16-6-7/h1-3,7,15H,4-6H2. The SMILES string of the molecule is Oc1cccc2c(Br)nc(C3CCOC3)n12. The summed E-state index contributed by atoms with van der Waals surface area (Å²) in [6.45, 7) is 1.45. The first-order chi connectivity index (χ1) is 7.77. The van der Waals surface area contributed by atoms with E-state index in [4.69, 9.17) is 4.74 Å². The molecule has 84 valence electrons. The van der Waals surface area contributed by atoms with Crippen LogP contribution in [0.2, 0.25) is 0 Å². The van der Waals surface area contributed by atoms with Crippen LogP contribution in [0.3, 0.4) is 0 Å². The van der Waals surface area contributed by atoms with Gasteiger partial charge in [0.2, 0.25) is 0 Å². The summed E-state index contributed by atoms with van der Waals surface area (Å²) < 4.78 is 7.91. The lowest BCUT2D eigenvalue weighted by atomic mass is 10.1. The van der Waals surface area contributed by atoms with Crippen LogP contribution in [0.5, 0.6) is 5.88 Å². The largest absolute Gasteiger partial charge is 0.494 e. The van der Waals surface area contributed by atoms with Gasteiger partial charge in [0.05, 0.1) is 12.1 Å². The minimum atomic E-state index is 0.220. The highest BCUT2D eigenvalue weighted by Gasteiger charge is 2.24. The molecule has 0 saturated carbocycles. The average Bonchev–Trinajstić information content (AvgIpc) is 2.87. The molecular formula is C11H11BrN2O2. The molecular weight excluding hydrogens is 272 g/mol. The van der Waals surface area contributed by atoms with Crippen LogP contribution in [0, 0.1) is 0 Å². The lowest BCUT2D eigenvalue weighted by molar-refractivity contribution is 0.193. The van der Waals surface area contributed by atoms with Crippen molar-refractivity contribution in [2.45, 2.75) is 12.3 Å². The fourth-order valence-corrected chi connectivity index (χ4v) is 2.61. The molecule has 0 aromatic carbocycles. The van der Waals surface area contributed by atoms with Crippen molar-refractivity contribution < 1.29 is 9.84 Å². The molecule has 1 saturated heterocycles. The summed E-state index contributed by atoms with van der Waals surface area (Å²) in [6, 6.07) is 5.41. The Balaban J connectivity index is 2.24. The summed E-state index contributed by atoms with van der Waals surface area (Å²) in [7, 11) is 0. The Bertz CT molecular complexity index is 532. The number of ether oxygens (including phenoxy) is 1. The van der Waals surface area contributed by atoms with Crippen molar-refractivity contribution in [3.05, 3.63) is 28.6 Å². The van der Waals surface area contributed by atoms with Crippen molar-refractivity contribution in [2.24, 2.45) is 0 Å². The van der Waals surface area contributed by atoms with E-state index in [2.05, 4.69) is 20.9 Å². The van der Waals surface area contributed by atoms with Gasteiger partial charge < -0.3 is 9.84 Å². The number of rotatable bonds is 1. The Hall–Kier alpha value is -1.07. The molecule has 0 aliphatic carbocycles. The Kier molecular flexibility index (Phi) is 2.37. The number of imidazole rings is 1. The van der Waals surface area contributed by atoms with Crippen LogP contribution < -0.4 is 0 Å². The summed E-state index contributed by atoms with van der Waals surface area (Å²) >= 11 is 3.42. The second kappa shape index (κ2) is 3.75. The van der Waals surface area contributed by atoms with Crippen molar-refractivity contribution in [3.8, 4) is 5.88 Å². The predicted molar refractivity (Wildman–Crippen MR) is 62.7 cm³/mol. The van der Waals surface area contributed by atoms with Crippen LogP contribution in [0.1, 0.15) is 18.2 Å². The van der Waals surface area contributed by atoms with Gasteiger partial charge in [-0.25, -0.2) is 4.98 Å². The number of aromatic nitrogens is 2. The van der Waals surface area contributed by atoms with Gasteiger partial charge in [0.25, 0.3) is 0 Å². The molecule has 1 fully saturated rings. The van der Waals surface area contributed by atoms with Gasteiger partial charge in [-0.2, -0.15) is 0 Å². The Morgan fingerprint density at radius 2 is 2.38 bits per heavy atom. The Labute approximate surface area is 101 Å². The Morgan fingerprint density at radius 3 is 3.12 bits per heavy atom. The van der Waals surface area contributed by atoms with Crippen molar-refractivity contribution in [1.29, 1.82) is 0 Å². The first kappa shape index (κ1) is 10.1. The van der Waals surface area contributed by atoms with E-state index in [1.54, 1.807) is 10.5 Å². The zero-order valence-corrected chi connectivity index (χ0v) is 10.1. The fourth-order valence-electron chi connectivity index (χ4n) is 2.12. The molecule has 2 aromatic heterocycles. The van der Waals surface area contributed by atoms with Crippen LogP contribution in [-0.4, -0.2) is 27.7 Å². The van der Waals surface area contributed by atoms with Gasteiger partial charge in [-0.3, -0.25) is 4.40 Å². The number of hydrogen-bond donors (Lipinski definition) is 1. The molecule has 0 amide bonds. The lowest BCUT2D eigenvalue weighted by Gasteiger charge is -2.07. The van der Waals surface area contributed by atoms with E-state index >= 15 is 0 Å². The molecule has 3 rings (SSSR count). The molecule has 5 heteroatoms. The third-order valence-electron chi connectivity index (χ3n) is 2.92. The Morgan fingerprint density at radius 1 is 1.50 bits per heavy atom. The normalized spacial score (nSPS) is 20.7. The van der Waals surface area contributed by atoms with Gasteiger partial charge in [-0.1, -0.05) is 6.07 Å². The highest BCUT2D eigenvalue weighted by molar-refractivity contribution is 9.10. The van der Waals surface area contributed by atoms with E-state index in [1.165, 1.54) is 0 Å². The molecule has 1 unspecified atom stereocenters. The summed E-state index contributed by atoms with van der Waals surface area (Å²) in [4.78, 5) is 4.47. The van der Waals surface area contributed by atoms with Gasteiger partial charge in [0.1, 0.15) is 10.4 Å². The van der Waals surface area contributed by atoms with Gasteiger partial charge in [-0.15, -0.1) is 0 Å². The second-order valence-corrected chi connectivity index (χ2v) is 4.68. The van der Waals surface area contributed by atoms with Crippen LogP contribution in [0.15, 0.2) is 22.8 Å². The van der Waals surface area contributed by atoms with Gasteiger partial charge in [0, 0.05) is 12.5 Å². The number of fused-ring (bicyclic) bond motifs is 1. The number of halogens is 1. The summed E-state index contributed by atoms with van der Waals surface area (Å²) in [5.74, 6) is 1.36. The summed E-state index contributed by atoms with van der Waals surface area (Å²) in [5.41, 5.74) is 0.891. The minimum absolute atomic E-state index is 0.220. The highest BCUT2D eigenvalue weighted by Crippen LogP contribution is 2.31. The molecule has 1 aliphatic rings. The summed E-state index contributed by atoms with van der Waals surface area (Å²) in [5, 5.41) is 9.89. The topological polar surface area (TPSA) is 46.8 Å². The second-order valence-electron chi connectivity index (χ2n) is 3.93. The number of nitrogens with zero attached hydrogens (tertiary/aromatic N) is 2. The minimum Gasteiger partial charge on any atom is -0.494 e. The monoisotopic (exact) mass is 282 g/mol. The van der Waals surface area contributed by atoms with E-state index in [1.807, 2.05) is 12.1 Å². The smallest absolute Gasteiger partial charge is 0.197 e. The molecule has 1 aliphatic heterocycles. The summed E-state index contributed by atoms with van der Waals surface area (Å²) in [6.07, 6.45) is 0.958. The van der Waals surface area contributed by atoms with Crippen LogP contribution in [-0.2, 0) is 4.74 Å². The van der Waals surface area contributed by atoms with Crippen LogP contribution >= 0.6 is 15.9 Å². The van der Waals surface area contributed by atoms with Gasteiger partial charge >= 0.3 is 0 Å². The lowest BCUT2D eigenvalue weighted by Crippen LogP contribution is -2.04. The molecule has 0 bridgehead atoms. The molecule has 2 aromatic rings. The van der Waals surface area contributed by atoms with Crippen molar-refractivity contribution >= 4 is 21.4 Å². The zero-order valence-electron chi connectivity index (χ0n) is 8.56. The van der Waals surface area contributed by atoms with E-state index in [0.29, 0.717) is 6.61 Å². The molecule has 4 nitrogen and oxygen atoms in total. The van der Waals surface area contributed by atoms with Gasteiger partial charge in [0.15, 0.2) is 5.88 Å². The first-order valence-corrected chi connectivity index (χ1v) is 6.00. The maximum atomic E-state index is 9.89. The van der Waals surface area contributed by atoms with E-state index < -0.39 is 0 Å². The molecule has 0 radical (unpaired) electrons. The number of pyridine rings is 1. The number of aromatic hydroxyl groups is 1. The van der Waals surface area contributed by atoms with Crippen molar-refractivity contribution in [3.63, 3.8) is 0 Å². The quantitative estimate of drug-likeness (QED) is 0.873. The van der Waals surface area contributed by atoms with E-state index in [9.17, 15) is 5.11 Å². The maximum absolute atomic E-state index is 9.89. The predicted octanol–water partition coefficient (Wildman–Crippen LogP) is 2.31. The first-order valence-electron chi connectivity index (χ1n) is 5.21. The van der Waals surface area contributed by atoms with Crippen molar-refractivity contribution in [2.75, 3.05) is 13.2 Å². The molecule has 3 heterocycles. The van der Waals surface area contributed by atoms with Crippen molar-refractivity contribution in [1.82, 2.24) is 9.38 Å². The molecule has 0 spiro atoms. The number of hydrogen-bond acceptors (Lipinski definition) is 3.